The van der Waals surface area contributed by atoms with E-state index in [0.29, 0.717) is 25.1 Å². The van der Waals surface area contributed by atoms with Crippen LogP contribution in [0, 0.1) is 11.6 Å². The Labute approximate surface area is 128 Å². The maximum atomic E-state index is 14.0. The minimum absolute atomic E-state index is 0.293. The zero-order valence-electron chi connectivity index (χ0n) is 12.4. The van der Waals surface area contributed by atoms with Crippen LogP contribution >= 0.6 is 0 Å². The van der Waals surface area contributed by atoms with Crippen LogP contribution < -0.4 is 0 Å². The molecule has 1 fully saturated rings. The van der Waals surface area contributed by atoms with Crippen LogP contribution in [0.5, 0.6) is 0 Å². The summed E-state index contributed by atoms with van der Waals surface area (Å²) < 4.78 is 29.2. The summed E-state index contributed by atoms with van der Waals surface area (Å²) in [6.07, 6.45) is 2.39. The van der Waals surface area contributed by atoms with Gasteiger partial charge in [0.2, 0.25) is 0 Å². The molecule has 1 aromatic carbocycles. The Morgan fingerprint density at radius 1 is 1.32 bits per heavy atom. The number of β-amino-alcohol motifs (C(OH)–C–C–N with tert-alkyl or cyclic N) is 1. The highest BCUT2D eigenvalue weighted by Gasteiger charge is 2.33. The van der Waals surface area contributed by atoms with Crippen LogP contribution in [0.3, 0.4) is 0 Å². The molecule has 4 nitrogen and oxygen atoms in total. The predicted molar refractivity (Wildman–Crippen MR) is 78.2 cm³/mol. The summed E-state index contributed by atoms with van der Waals surface area (Å²) in [5.74, 6) is -0.879. The second kappa shape index (κ2) is 6.14. The van der Waals surface area contributed by atoms with Crippen LogP contribution in [0.1, 0.15) is 23.7 Å². The molecule has 22 heavy (non-hydrogen) atoms. The van der Waals surface area contributed by atoms with Gasteiger partial charge in [-0.3, -0.25) is 9.58 Å². The Morgan fingerprint density at radius 2 is 2.14 bits per heavy atom. The number of aromatic nitrogens is 2. The number of halogens is 2. The molecule has 118 valence electrons. The number of rotatable bonds is 4. The molecule has 2 unspecified atom stereocenters. The minimum atomic E-state index is -0.515. The zero-order valence-corrected chi connectivity index (χ0v) is 12.4. The molecule has 0 spiro atoms. The lowest BCUT2D eigenvalue weighted by atomic mass is 10.0. The van der Waals surface area contributed by atoms with E-state index in [1.165, 1.54) is 6.07 Å². The first-order valence-corrected chi connectivity index (χ1v) is 7.38. The van der Waals surface area contributed by atoms with Crippen LogP contribution in [-0.4, -0.2) is 39.0 Å². The van der Waals surface area contributed by atoms with E-state index in [4.69, 9.17) is 0 Å². The first-order valence-electron chi connectivity index (χ1n) is 7.38. The molecule has 1 aromatic heterocycles. The van der Waals surface area contributed by atoms with Crippen molar-refractivity contribution in [1.82, 2.24) is 14.7 Å². The van der Waals surface area contributed by atoms with Gasteiger partial charge in [-0.2, -0.15) is 5.10 Å². The number of hydrogen-bond donors (Lipinski definition) is 1. The van der Waals surface area contributed by atoms with E-state index in [2.05, 4.69) is 5.10 Å². The predicted octanol–water partition coefficient (Wildman–Crippen LogP) is 2.05. The topological polar surface area (TPSA) is 41.3 Å². The molecule has 0 bridgehead atoms. The maximum Gasteiger partial charge on any atom is 0.128 e. The monoisotopic (exact) mass is 307 g/mol. The van der Waals surface area contributed by atoms with Crippen molar-refractivity contribution in [2.75, 3.05) is 13.1 Å². The van der Waals surface area contributed by atoms with E-state index >= 15 is 0 Å². The van der Waals surface area contributed by atoms with E-state index < -0.39 is 17.7 Å². The Bertz CT molecular complexity index is 659. The van der Waals surface area contributed by atoms with Gasteiger partial charge in [-0.05, 0) is 30.7 Å². The normalized spacial score (nSPS) is 22.4. The summed E-state index contributed by atoms with van der Waals surface area (Å²) in [7, 11) is 1.87. The molecule has 1 aliphatic heterocycles. The standard InChI is InChI=1S/C16H19F2N3O/c1-20-12(4-6-19-20)5-7-21-10-13(22)9-16(21)14-8-11(17)2-3-15(14)18/h2-4,6,8,13,16,22H,5,7,9-10H2,1H3. The third kappa shape index (κ3) is 3.03. The van der Waals surface area contributed by atoms with Gasteiger partial charge >= 0.3 is 0 Å². The molecule has 3 rings (SSSR count). The fourth-order valence-corrected chi connectivity index (χ4v) is 3.12. The second-order valence-electron chi connectivity index (χ2n) is 5.76. The highest BCUT2D eigenvalue weighted by Crippen LogP contribution is 2.34. The van der Waals surface area contributed by atoms with Gasteiger partial charge in [0.15, 0.2) is 0 Å². The molecule has 2 atom stereocenters. The lowest BCUT2D eigenvalue weighted by Crippen LogP contribution is -2.28. The fraction of sp³-hybridized carbons (Fsp3) is 0.438. The highest BCUT2D eigenvalue weighted by molar-refractivity contribution is 5.24. The van der Waals surface area contributed by atoms with Gasteiger partial charge in [-0.1, -0.05) is 0 Å². The van der Waals surface area contributed by atoms with Gasteiger partial charge in [0, 0.05) is 50.1 Å². The fourth-order valence-electron chi connectivity index (χ4n) is 3.12. The lowest BCUT2D eigenvalue weighted by molar-refractivity contribution is 0.175. The quantitative estimate of drug-likeness (QED) is 0.940. The number of nitrogens with zero attached hydrogens (tertiary/aromatic N) is 3. The SMILES string of the molecule is Cn1nccc1CCN1CC(O)CC1c1cc(F)ccc1F. The van der Waals surface area contributed by atoms with Gasteiger partial charge < -0.3 is 5.11 Å². The molecule has 0 aliphatic carbocycles. The maximum absolute atomic E-state index is 14.0. The van der Waals surface area contributed by atoms with Crippen molar-refractivity contribution in [2.45, 2.75) is 25.0 Å². The molecule has 0 saturated carbocycles. The van der Waals surface area contributed by atoms with Gasteiger partial charge in [-0.15, -0.1) is 0 Å². The van der Waals surface area contributed by atoms with E-state index in [0.717, 1.165) is 24.2 Å². The molecular formula is C16H19F2N3O. The van der Waals surface area contributed by atoms with Crippen molar-refractivity contribution in [3.63, 3.8) is 0 Å². The minimum Gasteiger partial charge on any atom is -0.392 e. The number of likely N-dealkylation sites (tertiary alicyclic amines) is 1. The first kappa shape index (κ1) is 15.1. The third-order valence-corrected chi connectivity index (χ3v) is 4.28. The van der Waals surface area contributed by atoms with E-state index in [9.17, 15) is 13.9 Å². The summed E-state index contributed by atoms with van der Waals surface area (Å²) in [6, 6.07) is 5.14. The van der Waals surface area contributed by atoms with Crippen molar-refractivity contribution in [2.24, 2.45) is 7.05 Å². The average Bonchev–Trinajstić information content (AvgIpc) is 3.05. The van der Waals surface area contributed by atoms with Crippen LogP contribution in [-0.2, 0) is 13.5 Å². The van der Waals surface area contributed by atoms with Crippen LogP contribution in [0.4, 0.5) is 8.78 Å². The number of aliphatic hydroxyl groups is 1. The Hall–Kier alpha value is -1.79. The number of aliphatic hydroxyl groups excluding tert-OH is 1. The summed E-state index contributed by atoms with van der Waals surface area (Å²) >= 11 is 0. The Balaban J connectivity index is 1.77. The van der Waals surface area contributed by atoms with Crippen molar-refractivity contribution in [3.8, 4) is 0 Å². The number of benzene rings is 1. The molecule has 1 N–H and O–H groups in total. The first-order chi connectivity index (χ1) is 10.5. The number of hydrogen-bond acceptors (Lipinski definition) is 3. The molecular weight excluding hydrogens is 288 g/mol. The lowest BCUT2D eigenvalue weighted by Gasteiger charge is -2.24. The summed E-state index contributed by atoms with van der Waals surface area (Å²) in [5.41, 5.74) is 1.39. The molecule has 0 amide bonds. The van der Waals surface area contributed by atoms with Crippen molar-refractivity contribution in [1.29, 1.82) is 0 Å². The zero-order chi connectivity index (χ0) is 15.7. The van der Waals surface area contributed by atoms with Gasteiger partial charge in [0.25, 0.3) is 0 Å². The number of aryl methyl sites for hydroxylation is 1. The van der Waals surface area contributed by atoms with Crippen molar-refractivity contribution < 1.29 is 13.9 Å². The van der Waals surface area contributed by atoms with Gasteiger partial charge in [0.05, 0.1) is 6.10 Å². The van der Waals surface area contributed by atoms with Crippen LogP contribution in [0.2, 0.25) is 0 Å². The summed E-state index contributed by atoms with van der Waals surface area (Å²) in [6.45, 7) is 1.13. The van der Waals surface area contributed by atoms with Crippen molar-refractivity contribution >= 4 is 0 Å². The van der Waals surface area contributed by atoms with Crippen LogP contribution in [0.15, 0.2) is 30.5 Å². The smallest absolute Gasteiger partial charge is 0.128 e. The summed E-state index contributed by atoms with van der Waals surface area (Å²) in [5, 5.41) is 14.0. The molecule has 1 saturated heterocycles. The van der Waals surface area contributed by atoms with E-state index in [-0.39, 0.29) is 6.04 Å². The third-order valence-electron chi connectivity index (χ3n) is 4.28. The largest absolute Gasteiger partial charge is 0.392 e. The Morgan fingerprint density at radius 3 is 2.86 bits per heavy atom. The summed E-state index contributed by atoms with van der Waals surface area (Å²) in [4.78, 5) is 2.01. The van der Waals surface area contributed by atoms with E-state index in [1.54, 1.807) is 10.9 Å². The van der Waals surface area contributed by atoms with Gasteiger partial charge in [-0.25, -0.2) is 8.78 Å². The Kier molecular flexibility index (Phi) is 4.22. The second-order valence-corrected chi connectivity index (χ2v) is 5.76. The average molecular weight is 307 g/mol. The molecule has 0 radical (unpaired) electrons. The van der Waals surface area contributed by atoms with Crippen LogP contribution in [0.25, 0.3) is 0 Å². The van der Waals surface area contributed by atoms with E-state index in [1.807, 2.05) is 18.0 Å². The molecule has 1 aliphatic rings. The van der Waals surface area contributed by atoms with Crippen molar-refractivity contribution in [3.05, 3.63) is 53.4 Å². The van der Waals surface area contributed by atoms with Gasteiger partial charge in [0.1, 0.15) is 11.6 Å². The molecule has 2 heterocycles. The molecule has 6 heteroatoms. The molecule has 2 aromatic rings. The highest BCUT2D eigenvalue weighted by atomic mass is 19.1.